The minimum Gasteiger partial charge on any atom is -0.325 e. The predicted molar refractivity (Wildman–Crippen MR) is 61.0 cm³/mol. The Morgan fingerprint density at radius 2 is 2.07 bits per heavy atom. The van der Waals surface area contributed by atoms with Crippen molar-refractivity contribution in [1.29, 1.82) is 0 Å². The lowest BCUT2D eigenvalue weighted by Gasteiger charge is -2.09. The first-order valence-corrected chi connectivity index (χ1v) is 5.24. The van der Waals surface area contributed by atoms with Gasteiger partial charge in [0.15, 0.2) is 0 Å². The van der Waals surface area contributed by atoms with Crippen LogP contribution in [0, 0.1) is 0 Å². The van der Waals surface area contributed by atoms with Gasteiger partial charge in [-0.1, -0.05) is 22.9 Å². The van der Waals surface area contributed by atoms with Crippen LogP contribution in [0.2, 0.25) is 0 Å². The number of amides is 1. The van der Waals surface area contributed by atoms with Crippen molar-refractivity contribution in [3.63, 3.8) is 0 Å². The minimum atomic E-state index is -0.432. The van der Waals surface area contributed by atoms with E-state index in [1.165, 1.54) is 0 Å². The number of nitrogens with one attached hydrogen (secondary N) is 1. The lowest BCUT2D eigenvalue weighted by molar-refractivity contribution is -0.117. The van der Waals surface area contributed by atoms with Crippen molar-refractivity contribution in [3.05, 3.63) is 28.7 Å². The number of nitrogens with two attached hydrogens (primary N) is 1. The molecule has 3 nitrogen and oxygen atoms in total. The number of carbonyl (C=O) groups excluding carboxylic acids is 1. The molecular formula is C10H13BrN2O. The molecule has 76 valence electrons. The van der Waals surface area contributed by atoms with Crippen LogP contribution in [0.3, 0.4) is 0 Å². The topological polar surface area (TPSA) is 55.1 Å². The number of carbonyl (C=O) groups is 1. The van der Waals surface area contributed by atoms with Crippen LogP contribution >= 0.6 is 15.9 Å². The zero-order valence-corrected chi connectivity index (χ0v) is 9.54. The van der Waals surface area contributed by atoms with Crippen LogP contribution in [0.4, 0.5) is 5.69 Å². The van der Waals surface area contributed by atoms with Gasteiger partial charge in [-0.3, -0.25) is 4.79 Å². The second kappa shape index (κ2) is 5.12. The SMILES string of the molecule is CCC(N)C(=O)Nc1ccc(Br)cc1. The van der Waals surface area contributed by atoms with Gasteiger partial charge in [-0.05, 0) is 30.7 Å². The van der Waals surface area contributed by atoms with Crippen LogP contribution in [0.1, 0.15) is 13.3 Å². The fraction of sp³-hybridized carbons (Fsp3) is 0.300. The third-order valence-corrected chi connectivity index (χ3v) is 2.42. The fourth-order valence-corrected chi connectivity index (χ4v) is 1.22. The molecule has 3 N–H and O–H groups in total. The average molecular weight is 257 g/mol. The molecule has 0 saturated heterocycles. The molecule has 0 radical (unpaired) electrons. The number of anilines is 1. The monoisotopic (exact) mass is 256 g/mol. The second-order valence-corrected chi connectivity index (χ2v) is 3.93. The largest absolute Gasteiger partial charge is 0.325 e. The molecule has 0 saturated carbocycles. The molecule has 4 heteroatoms. The fourth-order valence-electron chi connectivity index (χ4n) is 0.954. The molecular weight excluding hydrogens is 244 g/mol. The van der Waals surface area contributed by atoms with E-state index in [0.717, 1.165) is 10.2 Å². The summed E-state index contributed by atoms with van der Waals surface area (Å²) in [6.45, 7) is 1.88. The molecule has 1 atom stereocenters. The van der Waals surface area contributed by atoms with Crippen LogP contribution in [0.25, 0.3) is 0 Å². The first-order chi connectivity index (χ1) is 6.63. The molecule has 1 aromatic rings. The molecule has 1 unspecified atom stereocenters. The van der Waals surface area contributed by atoms with E-state index in [0.29, 0.717) is 6.42 Å². The minimum absolute atomic E-state index is 0.144. The van der Waals surface area contributed by atoms with Crippen molar-refractivity contribution in [2.24, 2.45) is 5.73 Å². The Bertz CT molecular complexity index is 310. The van der Waals surface area contributed by atoms with Crippen LogP contribution in [0.15, 0.2) is 28.7 Å². The number of benzene rings is 1. The summed E-state index contributed by atoms with van der Waals surface area (Å²) in [5, 5.41) is 2.74. The summed E-state index contributed by atoms with van der Waals surface area (Å²) in [5.74, 6) is -0.144. The summed E-state index contributed by atoms with van der Waals surface area (Å²) in [6.07, 6.45) is 0.641. The molecule has 0 aliphatic rings. The van der Waals surface area contributed by atoms with Gasteiger partial charge < -0.3 is 11.1 Å². The summed E-state index contributed by atoms with van der Waals surface area (Å²) in [6, 6.07) is 6.95. The molecule has 0 aliphatic carbocycles. The number of halogens is 1. The zero-order chi connectivity index (χ0) is 10.6. The Balaban J connectivity index is 2.60. The number of rotatable bonds is 3. The smallest absolute Gasteiger partial charge is 0.241 e. The van der Waals surface area contributed by atoms with Crippen molar-refractivity contribution in [1.82, 2.24) is 0 Å². The van der Waals surface area contributed by atoms with Crippen molar-refractivity contribution in [3.8, 4) is 0 Å². The summed E-state index contributed by atoms with van der Waals surface area (Å²) in [4.78, 5) is 11.4. The Kier molecular flexibility index (Phi) is 4.10. The van der Waals surface area contributed by atoms with E-state index < -0.39 is 6.04 Å². The van der Waals surface area contributed by atoms with Crippen LogP contribution < -0.4 is 11.1 Å². The molecule has 0 aromatic heterocycles. The van der Waals surface area contributed by atoms with Crippen molar-refractivity contribution in [2.75, 3.05) is 5.32 Å². The highest BCUT2D eigenvalue weighted by Gasteiger charge is 2.10. The lowest BCUT2D eigenvalue weighted by Crippen LogP contribution is -2.34. The quantitative estimate of drug-likeness (QED) is 0.871. The van der Waals surface area contributed by atoms with E-state index in [1.807, 2.05) is 31.2 Å². The van der Waals surface area contributed by atoms with Crippen molar-refractivity contribution in [2.45, 2.75) is 19.4 Å². The van der Waals surface area contributed by atoms with Crippen LogP contribution in [-0.4, -0.2) is 11.9 Å². The summed E-state index contributed by atoms with van der Waals surface area (Å²) < 4.78 is 0.982. The van der Waals surface area contributed by atoms with E-state index in [2.05, 4.69) is 21.2 Å². The van der Waals surface area contributed by atoms with Gasteiger partial charge in [0, 0.05) is 10.2 Å². The summed E-state index contributed by atoms with van der Waals surface area (Å²) >= 11 is 3.32. The number of hydrogen-bond donors (Lipinski definition) is 2. The Labute approximate surface area is 91.8 Å². The maximum Gasteiger partial charge on any atom is 0.241 e. The van der Waals surface area contributed by atoms with E-state index in [1.54, 1.807) is 0 Å². The maximum atomic E-state index is 11.4. The third kappa shape index (κ3) is 3.12. The Morgan fingerprint density at radius 1 is 1.50 bits per heavy atom. The van der Waals surface area contributed by atoms with Crippen molar-refractivity contribution < 1.29 is 4.79 Å². The molecule has 14 heavy (non-hydrogen) atoms. The summed E-state index contributed by atoms with van der Waals surface area (Å²) in [5.41, 5.74) is 6.34. The van der Waals surface area contributed by atoms with Crippen molar-refractivity contribution >= 4 is 27.5 Å². The Hall–Kier alpha value is -0.870. The molecule has 0 heterocycles. The van der Waals surface area contributed by atoms with Crippen LogP contribution in [0.5, 0.6) is 0 Å². The molecule has 1 aromatic carbocycles. The standard InChI is InChI=1S/C10H13BrN2O/c1-2-9(12)10(14)13-8-5-3-7(11)4-6-8/h3-6,9H,2,12H2,1H3,(H,13,14). The van der Waals surface area contributed by atoms with Gasteiger partial charge in [0.1, 0.15) is 0 Å². The zero-order valence-electron chi connectivity index (χ0n) is 7.96. The highest BCUT2D eigenvalue weighted by Crippen LogP contribution is 2.14. The molecule has 1 rings (SSSR count). The van der Waals surface area contributed by atoms with E-state index in [-0.39, 0.29) is 5.91 Å². The van der Waals surface area contributed by atoms with Gasteiger partial charge >= 0.3 is 0 Å². The molecule has 0 fully saturated rings. The average Bonchev–Trinajstić information content (AvgIpc) is 2.20. The third-order valence-electron chi connectivity index (χ3n) is 1.89. The summed E-state index contributed by atoms with van der Waals surface area (Å²) in [7, 11) is 0. The van der Waals surface area contributed by atoms with E-state index in [9.17, 15) is 4.79 Å². The second-order valence-electron chi connectivity index (χ2n) is 3.01. The van der Waals surface area contributed by atoms with Gasteiger partial charge in [0.25, 0.3) is 0 Å². The first kappa shape index (κ1) is 11.2. The van der Waals surface area contributed by atoms with Gasteiger partial charge in [-0.15, -0.1) is 0 Å². The first-order valence-electron chi connectivity index (χ1n) is 4.45. The number of hydrogen-bond acceptors (Lipinski definition) is 2. The van der Waals surface area contributed by atoms with Gasteiger partial charge in [-0.25, -0.2) is 0 Å². The maximum absolute atomic E-state index is 11.4. The van der Waals surface area contributed by atoms with E-state index in [4.69, 9.17) is 5.73 Å². The van der Waals surface area contributed by atoms with Gasteiger partial charge in [0.05, 0.1) is 6.04 Å². The Morgan fingerprint density at radius 3 is 2.57 bits per heavy atom. The lowest BCUT2D eigenvalue weighted by atomic mass is 10.2. The van der Waals surface area contributed by atoms with Gasteiger partial charge in [0.2, 0.25) is 5.91 Å². The van der Waals surface area contributed by atoms with Gasteiger partial charge in [-0.2, -0.15) is 0 Å². The predicted octanol–water partition coefficient (Wildman–Crippen LogP) is 2.12. The van der Waals surface area contributed by atoms with E-state index >= 15 is 0 Å². The van der Waals surface area contributed by atoms with Crippen LogP contribution in [-0.2, 0) is 4.79 Å². The highest BCUT2D eigenvalue weighted by molar-refractivity contribution is 9.10. The molecule has 0 spiro atoms. The highest BCUT2D eigenvalue weighted by atomic mass is 79.9. The molecule has 0 bridgehead atoms. The molecule has 1 amide bonds. The normalized spacial score (nSPS) is 12.2. The molecule has 0 aliphatic heterocycles.